The van der Waals surface area contributed by atoms with E-state index >= 15 is 0 Å². The average Bonchev–Trinajstić information content (AvgIpc) is 3.65. The molecule has 0 radical (unpaired) electrons. The normalized spacial score (nSPS) is 28.5. The zero-order valence-electron chi connectivity index (χ0n) is 23.3. The molecule has 0 aliphatic carbocycles. The number of aliphatic carboxylic acids is 2. The highest BCUT2D eigenvalue weighted by atomic mass is 32.2. The van der Waals surface area contributed by atoms with E-state index in [-0.39, 0.29) is 28.0 Å². The maximum atomic E-state index is 13.3. The molecule has 20 heteroatoms. The van der Waals surface area contributed by atoms with Gasteiger partial charge >= 0.3 is 11.9 Å². The van der Waals surface area contributed by atoms with E-state index in [0.717, 1.165) is 26.8 Å². The number of nitrogens with zero attached hydrogens (tertiary/aromatic N) is 4. The maximum Gasteiger partial charge on any atom is 0.352 e. The van der Waals surface area contributed by atoms with Gasteiger partial charge < -0.3 is 45.7 Å². The molecule has 3 aliphatic heterocycles. The molecule has 7 atom stereocenters. The van der Waals surface area contributed by atoms with Gasteiger partial charge in [0.15, 0.2) is 23.2 Å². The molecule has 2 amide bonds. The molecule has 5 unspecified atom stereocenters. The van der Waals surface area contributed by atoms with Crippen LogP contribution in [0.15, 0.2) is 33.4 Å². The molecule has 45 heavy (non-hydrogen) atoms. The lowest BCUT2D eigenvalue weighted by atomic mass is 9.98. The number of hydrogen-bond donors (Lipinski definition) is 7. The standard InChI is InChI=1S/C25H26N6O11S3/c1-8-11(45-7-26-8)4-3-9-5-43-22-13(21(36)31(22)14(9)23(37)38)28-19(35)12(30-41-2)10-6-44-25(27-10)29-20-17(34)15(32)16(33)18(42-20)24(39)40/h3-4,6-7,13,15-18,20,22,32-34H,5H2,1-2H3,(H,27,29)(H,28,35)(H,37,38)(H,39,40)/b4-3-,30-12-/t13-,15?,16?,17?,18?,20?,22-/m1/s1. The summed E-state index contributed by atoms with van der Waals surface area (Å²) in [4.78, 5) is 65.1. The largest absolute Gasteiger partial charge is 0.479 e. The molecule has 240 valence electrons. The number of ether oxygens (including phenoxy) is 1. The number of hydrogen-bond acceptors (Lipinski definition) is 16. The first-order valence-electron chi connectivity index (χ1n) is 13.0. The first-order valence-corrected chi connectivity index (χ1v) is 15.8. The van der Waals surface area contributed by atoms with Crippen molar-refractivity contribution >= 4 is 75.1 Å². The fourth-order valence-electron chi connectivity index (χ4n) is 4.70. The average molecular weight is 683 g/mol. The third-order valence-electron chi connectivity index (χ3n) is 6.97. The summed E-state index contributed by atoms with van der Waals surface area (Å²) in [5.74, 6) is -4.06. The van der Waals surface area contributed by atoms with Crippen molar-refractivity contribution in [1.82, 2.24) is 20.2 Å². The van der Waals surface area contributed by atoms with Crippen molar-refractivity contribution < 1.29 is 54.3 Å². The molecule has 0 aromatic carbocycles. The maximum absolute atomic E-state index is 13.3. The summed E-state index contributed by atoms with van der Waals surface area (Å²) in [5, 5.41) is 59.0. The van der Waals surface area contributed by atoms with Gasteiger partial charge in [0, 0.05) is 16.0 Å². The van der Waals surface area contributed by atoms with E-state index in [1.807, 2.05) is 6.92 Å². The number of oxime groups is 1. The second kappa shape index (κ2) is 13.2. The Morgan fingerprint density at radius 1 is 1.16 bits per heavy atom. The minimum atomic E-state index is -1.88. The highest BCUT2D eigenvalue weighted by molar-refractivity contribution is 8.00. The molecule has 5 heterocycles. The van der Waals surface area contributed by atoms with Crippen molar-refractivity contribution in [2.24, 2.45) is 5.16 Å². The molecule has 2 aromatic heterocycles. The summed E-state index contributed by atoms with van der Waals surface area (Å²) in [6.07, 6.45) is -5.36. The number of thioether (sulfide) groups is 1. The van der Waals surface area contributed by atoms with Crippen LogP contribution in [0.2, 0.25) is 0 Å². The number of carboxylic acids is 2. The fraction of sp³-hybridized carbons (Fsp3) is 0.400. The van der Waals surface area contributed by atoms with E-state index in [2.05, 4.69) is 25.8 Å². The number of aliphatic hydroxyl groups excluding tert-OH is 3. The van der Waals surface area contributed by atoms with Crippen LogP contribution in [0.1, 0.15) is 16.3 Å². The minimum Gasteiger partial charge on any atom is -0.479 e. The Labute approximate surface area is 265 Å². The number of carbonyl (C=O) groups is 4. The number of carbonyl (C=O) groups excluding carboxylic acids is 2. The van der Waals surface area contributed by atoms with E-state index in [1.54, 1.807) is 17.7 Å². The highest BCUT2D eigenvalue weighted by Gasteiger charge is 2.54. The summed E-state index contributed by atoms with van der Waals surface area (Å²) in [6.45, 7) is 1.83. The van der Waals surface area contributed by atoms with E-state index < -0.39 is 65.8 Å². The third kappa shape index (κ3) is 6.30. The van der Waals surface area contributed by atoms with Crippen molar-refractivity contribution in [3.63, 3.8) is 0 Å². The monoisotopic (exact) mass is 682 g/mol. The third-order valence-corrected chi connectivity index (χ3v) is 9.94. The lowest BCUT2D eigenvalue weighted by molar-refractivity contribution is -0.221. The van der Waals surface area contributed by atoms with Crippen LogP contribution in [0, 0.1) is 6.92 Å². The predicted molar refractivity (Wildman–Crippen MR) is 159 cm³/mol. The fourth-order valence-corrected chi connectivity index (χ4v) is 7.43. The van der Waals surface area contributed by atoms with Crippen LogP contribution in [-0.2, 0) is 28.8 Å². The number of anilines is 1. The van der Waals surface area contributed by atoms with Gasteiger partial charge in [0.1, 0.15) is 48.2 Å². The van der Waals surface area contributed by atoms with Crippen LogP contribution in [0.4, 0.5) is 5.13 Å². The lowest BCUT2D eigenvalue weighted by Gasteiger charge is -2.49. The number of allylic oxidation sites excluding steroid dienone is 1. The molecule has 5 rings (SSSR count). The van der Waals surface area contributed by atoms with E-state index in [4.69, 9.17) is 9.57 Å². The van der Waals surface area contributed by atoms with Crippen molar-refractivity contribution in [2.75, 3.05) is 18.2 Å². The van der Waals surface area contributed by atoms with Gasteiger partial charge in [-0.3, -0.25) is 14.5 Å². The van der Waals surface area contributed by atoms with E-state index in [0.29, 0.717) is 5.57 Å². The number of β-lactam (4-membered cyclic amide) rings is 1. The van der Waals surface area contributed by atoms with E-state index in [9.17, 15) is 44.7 Å². The van der Waals surface area contributed by atoms with Gasteiger partial charge in [0.25, 0.3) is 11.8 Å². The summed E-state index contributed by atoms with van der Waals surface area (Å²) < 4.78 is 5.19. The van der Waals surface area contributed by atoms with Crippen molar-refractivity contribution in [3.05, 3.63) is 44.5 Å². The molecular formula is C25H26N6O11S3. The zero-order chi connectivity index (χ0) is 32.6. The summed E-state index contributed by atoms with van der Waals surface area (Å²) in [7, 11) is 1.18. The van der Waals surface area contributed by atoms with Crippen LogP contribution < -0.4 is 10.6 Å². The van der Waals surface area contributed by atoms with Crippen molar-refractivity contribution in [1.29, 1.82) is 0 Å². The molecule has 0 bridgehead atoms. The number of rotatable bonds is 10. The molecule has 0 saturated carbocycles. The van der Waals surface area contributed by atoms with Gasteiger partial charge in [0.2, 0.25) is 0 Å². The number of aryl methyl sites for hydroxylation is 1. The molecule has 3 aliphatic rings. The molecule has 2 fully saturated rings. The second-order valence-corrected chi connectivity index (χ2v) is 12.6. The molecule has 2 saturated heterocycles. The summed E-state index contributed by atoms with van der Waals surface area (Å²) in [5.41, 5.74) is 2.35. The Kier molecular flexibility index (Phi) is 9.53. The molecule has 2 aromatic rings. The smallest absolute Gasteiger partial charge is 0.352 e. The first-order chi connectivity index (χ1) is 21.4. The Morgan fingerprint density at radius 3 is 2.56 bits per heavy atom. The van der Waals surface area contributed by atoms with Crippen molar-refractivity contribution in [3.8, 4) is 0 Å². The Balaban J connectivity index is 1.28. The Hall–Kier alpha value is -3.92. The van der Waals surface area contributed by atoms with Gasteiger partial charge in [-0.1, -0.05) is 11.2 Å². The highest BCUT2D eigenvalue weighted by Crippen LogP contribution is 2.41. The van der Waals surface area contributed by atoms with Crippen molar-refractivity contribution in [2.45, 2.75) is 49.0 Å². The number of amides is 2. The number of carboxylic acid groups (broad SMARTS) is 2. The van der Waals surface area contributed by atoms with Crippen LogP contribution in [0.3, 0.4) is 0 Å². The van der Waals surface area contributed by atoms with Gasteiger partial charge in [-0.05, 0) is 18.6 Å². The topological polar surface area (TPSA) is 253 Å². The lowest BCUT2D eigenvalue weighted by Crippen LogP contribution is -2.71. The Bertz CT molecular complexity index is 1610. The molecule has 0 spiro atoms. The minimum absolute atomic E-state index is 0.0254. The molecule has 7 N–H and O–H groups in total. The number of nitrogens with one attached hydrogen (secondary N) is 2. The van der Waals surface area contributed by atoms with Gasteiger partial charge in [-0.2, -0.15) is 0 Å². The number of fused-ring (bicyclic) bond motifs is 1. The van der Waals surface area contributed by atoms with Gasteiger partial charge in [-0.15, -0.1) is 34.4 Å². The van der Waals surface area contributed by atoms with E-state index in [1.165, 1.54) is 35.6 Å². The molecular weight excluding hydrogens is 657 g/mol. The number of aliphatic hydroxyl groups is 3. The van der Waals surface area contributed by atoms with Crippen LogP contribution in [0.25, 0.3) is 6.08 Å². The predicted octanol–water partition coefficient (Wildman–Crippen LogP) is -0.985. The number of thiazole rings is 2. The second-order valence-electron chi connectivity index (χ2n) is 9.77. The Morgan fingerprint density at radius 2 is 1.91 bits per heavy atom. The zero-order valence-corrected chi connectivity index (χ0v) is 25.7. The SMILES string of the molecule is CO/N=C(\C(=O)N[C@@H]1C(=O)N2C(C(=O)O)=C(/C=C\c3scnc3C)CS[C@H]12)c1csc(NC2OC(C(=O)O)C(O)C(O)C2O)n1. The van der Waals surface area contributed by atoms with Crippen LogP contribution in [-0.4, -0.2) is 125 Å². The molecule has 17 nitrogen and oxygen atoms in total. The van der Waals surface area contributed by atoms with Gasteiger partial charge in [0.05, 0.1) is 11.2 Å². The summed E-state index contributed by atoms with van der Waals surface area (Å²) in [6, 6.07) is -1.07. The van der Waals surface area contributed by atoms with Gasteiger partial charge in [-0.25, -0.2) is 19.6 Å². The van der Waals surface area contributed by atoms with Crippen LogP contribution >= 0.6 is 34.4 Å². The van der Waals surface area contributed by atoms with Crippen LogP contribution in [0.5, 0.6) is 0 Å². The summed E-state index contributed by atoms with van der Waals surface area (Å²) >= 11 is 3.59. The quantitative estimate of drug-likeness (QED) is 0.0903. The first kappa shape index (κ1) is 32.5. The number of aromatic nitrogens is 2.